The van der Waals surface area contributed by atoms with Gasteiger partial charge in [-0.2, -0.15) is 5.10 Å². The Morgan fingerprint density at radius 1 is 1.28 bits per heavy atom. The average Bonchev–Trinajstić information content (AvgIpc) is 2.90. The zero-order chi connectivity index (χ0) is 18.1. The summed E-state index contributed by atoms with van der Waals surface area (Å²) in [6.45, 7) is 12.2. The number of aryl methyl sites for hydroxylation is 1. The fourth-order valence-corrected chi connectivity index (χ4v) is 3.67. The molecular formula is C17H24ClN5O2. The molecular weight excluding hydrogens is 342 g/mol. The highest BCUT2D eigenvalue weighted by Crippen LogP contribution is 2.28. The third kappa shape index (κ3) is 3.63. The van der Waals surface area contributed by atoms with Gasteiger partial charge in [0.2, 0.25) is 0 Å². The lowest BCUT2D eigenvalue weighted by atomic mass is 10.2. The van der Waals surface area contributed by atoms with Crippen LogP contribution in [0.3, 0.4) is 0 Å². The van der Waals surface area contributed by atoms with E-state index in [4.69, 9.17) is 11.6 Å². The van der Waals surface area contributed by atoms with Crippen molar-refractivity contribution >= 4 is 28.6 Å². The summed E-state index contributed by atoms with van der Waals surface area (Å²) in [6.07, 6.45) is 1.31. The molecule has 2 aromatic heterocycles. The van der Waals surface area contributed by atoms with Gasteiger partial charge in [-0.1, -0.05) is 11.6 Å². The van der Waals surface area contributed by atoms with Crippen LogP contribution >= 0.6 is 11.6 Å². The molecule has 3 heterocycles. The van der Waals surface area contributed by atoms with Crippen LogP contribution in [0.1, 0.15) is 29.9 Å². The molecule has 0 bridgehead atoms. The standard InChI is InChI=1S/C17H24ClN5O2/c1-11(2)22-7-4-21(5-8-22)6-9-23-16-14(12(3)20-23)15(18)13(10-19-16)17(24)25/h10-11H,4-9H2,1-3H3,(H,24,25). The van der Waals surface area contributed by atoms with Crippen molar-refractivity contribution in [1.29, 1.82) is 0 Å². The Hall–Kier alpha value is -1.70. The fraction of sp³-hybridized carbons (Fsp3) is 0.588. The summed E-state index contributed by atoms with van der Waals surface area (Å²) >= 11 is 6.26. The number of fused-ring (bicyclic) bond motifs is 1. The van der Waals surface area contributed by atoms with Gasteiger partial charge >= 0.3 is 5.97 Å². The number of hydrogen-bond acceptors (Lipinski definition) is 5. The van der Waals surface area contributed by atoms with Crippen LogP contribution in [0, 0.1) is 6.92 Å². The lowest BCUT2D eigenvalue weighted by Crippen LogP contribution is -2.49. The zero-order valence-corrected chi connectivity index (χ0v) is 15.6. The summed E-state index contributed by atoms with van der Waals surface area (Å²) in [6, 6.07) is 0.592. The van der Waals surface area contributed by atoms with Crippen LogP contribution in [0.25, 0.3) is 11.0 Å². The van der Waals surface area contributed by atoms with Gasteiger partial charge in [0.05, 0.1) is 28.2 Å². The predicted octanol–water partition coefficient (Wildman–Crippen LogP) is 2.12. The molecule has 0 saturated carbocycles. The van der Waals surface area contributed by atoms with Crippen molar-refractivity contribution in [2.24, 2.45) is 0 Å². The van der Waals surface area contributed by atoms with E-state index < -0.39 is 5.97 Å². The second-order valence-corrected chi connectivity index (χ2v) is 7.15. The van der Waals surface area contributed by atoms with Gasteiger partial charge < -0.3 is 5.11 Å². The minimum absolute atomic E-state index is 0.0154. The first-order chi connectivity index (χ1) is 11.9. The van der Waals surface area contributed by atoms with Crippen molar-refractivity contribution in [2.45, 2.75) is 33.4 Å². The van der Waals surface area contributed by atoms with E-state index in [-0.39, 0.29) is 10.6 Å². The van der Waals surface area contributed by atoms with Crippen LogP contribution in [-0.2, 0) is 6.54 Å². The van der Waals surface area contributed by atoms with E-state index in [0.717, 1.165) is 32.7 Å². The minimum Gasteiger partial charge on any atom is -0.478 e. The van der Waals surface area contributed by atoms with Crippen LogP contribution in [0.4, 0.5) is 0 Å². The van der Waals surface area contributed by atoms with E-state index in [9.17, 15) is 9.90 Å². The first-order valence-electron chi connectivity index (χ1n) is 8.59. The normalized spacial score (nSPS) is 16.8. The molecule has 0 amide bonds. The molecule has 1 N–H and O–H groups in total. The van der Waals surface area contributed by atoms with Crippen molar-refractivity contribution in [3.8, 4) is 0 Å². The van der Waals surface area contributed by atoms with Crippen molar-refractivity contribution in [1.82, 2.24) is 24.6 Å². The molecule has 136 valence electrons. The van der Waals surface area contributed by atoms with Gasteiger partial charge in [0.1, 0.15) is 0 Å². The largest absolute Gasteiger partial charge is 0.478 e. The highest BCUT2D eigenvalue weighted by molar-refractivity contribution is 6.38. The number of hydrogen-bond donors (Lipinski definition) is 1. The maximum atomic E-state index is 11.2. The van der Waals surface area contributed by atoms with Gasteiger partial charge in [0.15, 0.2) is 5.65 Å². The fourth-order valence-electron chi connectivity index (χ4n) is 3.32. The second-order valence-electron chi connectivity index (χ2n) is 6.77. The van der Waals surface area contributed by atoms with E-state index in [0.29, 0.717) is 29.3 Å². The van der Waals surface area contributed by atoms with Crippen LogP contribution < -0.4 is 0 Å². The first kappa shape index (κ1) is 18.1. The van der Waals surface area contributed by atoms with Gasteiger partial charge in [-0.3, -0.25) is 9.80 Å². The third-order valence-corrected chi connectivity index (χ3v) is 5.26. The van der Waals surface area contributed by atoms with Crippen LogP contribution in [0.2, 0.25) is 5.02 Å². The summed E-state index contributed by atoms with van der Waals surface area (Å²) in [5.74, 6) is -1.07. The lowest BCUT2D eigenvalue weighted by Gasteiger charge is -2.36. The van der Waals surface area contributed by atoms with Gasteiger partial charge in [-0.25, -0.2) is 14.5 Å². The molecule has 0 spiro atoms. The highest BCUT2D eigenvalue weighted by atomic mass is 35.5. The molecule has 1 saturated heterocycles. The number of aromatic nitrogens is 3. The Kier molecular flexibility index (Phi) is 5.27. The van der Waals surface area contributed by atoms with Gasteiger partial charge in [-0.15, -0.1) is 0 Å². The van der Waals surface area contributed by atoms with E-state index in [2.05, 4.69) is 33.7 Å². The zero-order valence-electron chi connectivity index (χ0n) is 14.9. The number of rotatable bonds is 5. The van der Waals surface area contributed by atoms with Crippen LogP contribution in [0.15, 0.2) is 6.20 Å². The molecule has 0 radical (unpaired) electrons. The van der Waals surface area contributed by atoms with E-state index in [1.807, 2.05) is 11.6 Å². The number of pyridine rings is 1. The molecule has 1 fully saturated rings. The number of aromatic carboxylic acids is 1. The first-order valence-corrected chi connectivity index (χ1v) is 8.97. The molecule has 0 aliphatic carbocycles. The number of halogens is 1. The summed E-state index contributed by atoms with van der Waals surface area (Å²) < 4.78 is 1.83. The molecule has 0 aromatic carbocycles. The third-order valence-electron chi connectivity index (χ3n) is 4.87. The van der Waals surface area contributed by atoms with Crippen molar-refractivity contribution < 1.29 is 9.90 Å². The van der Waals surface area contributed by atoms with E-state index in [1.54, 1.807) is 0 Å². The Morgan fingerprint density at radius 2 is 1.96 bits per heavy atom. The molecule has 8 heteroatoms. The molecule has 1 aliphatic heterocycles. The van der Waals surface area contributed by atoms with Gasteiger partial charge in [-0.05, 0) is 20.8 Å². The summed E-state index contributed by atoms with van der Waals surface area (Å²) in [7, 11) is 0. The van der Waals surface area contributed by atoms with E-state index >= 15 is 0 Å². The number of carboxylic acids is 1. The van der Waals surface area contributed by atoms with Crippen molar-refractivity contribution in [2.75, 3.05) is 32.7 Å². The van der Waals surface area contributed by atoms with E-state index in [1.165, 1.54) is 6.20 Å². The number of piperazine rings is 1. The summed E-state index contributed by atoms with van der Waals surface area (Å²) in [4.78, 5) is 20.4. The molecule has 1 aliphatic rings. The Balaban J connectivity index is 1.73. The Bertz CT molecular complexity index is 781. The number of nitrogens with zero attached hydrogens (tertiary/aromatic N) is 5. The molecule has 0 unspecified atom stereocenters. The topological polar surface area (TPSA) is 74.5 Å². The number of carbonyl (C=O) groups is 1. The minimum atomic E-state index is -1.07. The van der Waals surface area contributed by atoms with Crippen LogP contribution in [0.5, 0.6) is 0 Å². The highest BCUT2D eigenvalue weighted by Gasteiger charge is 2.21. The molecule has 0 atom stereocenters. The predicted molar refractivity (Wildman–Crippen MR) is 97.4 cm³/mol. The molecule has 25 heavy (non-hydrogen) atoms. The van der Waals surface area contributed by atoms with Crippen molar-refractivity contribution in [3.63, 3.8) is 0 Å². The Morgan fingerprint density at radius 3 is 2.56 bits per heavy atom. The maximum absolute atomic E-state index is 11.2. The molecule has 7 nitrogen and oxygen atoms in total. The average molecular weight is 366 g/mol. The Labute approximate surface area is 152 Å². The quantitative estimate of drug-likeness (QED) is 0.874. The SMILES string of the molecule is Cc1nn(CCN2CCN(C(C)C)CC2)c2ncc(C(=O)O)c(Cl)c12. The van der Waals surface area contributed by atoms with Gasteiger partial charge in [0.25, 0.3) is 0 Å². The second kappa shape index (κ2) is 7.27. The smallest absolute Gasteiger partial charge is 0.338 e. The summed E-state index contributed by atoms with van der Waals surface area (Å²) in [5.41, 5.74) is 1.37. The molecule has 3 rings (SSSR count). The maximum Gasteiger partial charge on any atom is 0.338 e. The summed E-state index contributed by atoms with van der Waals surface area (Å²) in [5, 5.41) is 14.6. The van der Waals surface area contributed by atoms with Gasteiger partial charge in [0, 0.05) is 45.0 Å². The number of carboxylic acid groups (broad SMARTS) is 1. The monoisotopic (exact) mass is 365 g/mol. The molecule has 2 aromatic rings. The lowest BCUT2D eigenvalue weighted by molar-refractivity contribution is 0.0697. The van der Waals surface area contributed by atoms with Crippen LogP contribution in [-0.4, -0.2) is 74.4 Å². The van der Waals surface area contributed by atoms with Crippen molar-refractivity contribution in [3.05, 3.63) is 22.5 Å².